The highest BCUT2D eigenvalue weighted by atomic mass is 32.2. The van der Waals surface area contributed by atoms with Crippen LogP contribution >= 0.6 is 11.8 Å². The van der Waals surface area contributed by atoms with Gasteiger partial charge >= 0.3 is 0 Å². The van der Waals surface area contributed by atoms with Crippen LogP contribution in [0.1, 0.15) is 0 Å². The first kappa shape index (κ1) is 8.24. The van der Waals surface area contributed by atoms with Crippen molar-refractivity contribution in [3.63, 3.8) is 0 Å². The lowest BCUT2D eigenvalue weighted by Gasteiger charge is -2.02. The van der Waals surface area contributed by atoms with Crippen LogP contribution in [-0.2, 0) is 6.67 Å². The van der Waals surface area contributed by atoms with Crippen LogP contribution in [0, 0.1) is 0 Å². The van der Waals surface area contributed by atoms with E-state index in [2.05, 4.69) is 20.2 Å². The van der Waals surface area contributed by atoms with E-state index in [-0.39, 0.29) is 0 Å². The van der Waals surface area contributed by atoms with Crippen molar-refractivity contribution in [2.75, 3.05) is 6.26 Å². The monoisotopic (exact) mass is 196 g/mol. The number of aromatic nitrogens is 6. The van der Waals surface area contributed by atoms with Crippen LogP contribution in [0.2, 0.25) is 0 Å². The standard InChI is InChI=1S/C6H8N6S/c1-13-6-8-3-10-12(6)5-11-4-7-2-9-11/h2-4H,5H2,1H3. The van der Waals surface area contributed by atoms with Crippen LogP contribution < -0.4 is 0 Å². The van der Waals surface area contributed by atoms with Gasteiger partial charge in [-0.3, -0.25) is 0 Å². The lowest BCUT2D eigenvalue weighted by atomic mass is 11.0. The third kappa shape index (κ3) is 1.69. The van der Waals surface area contributed by atoms with E-state index < -0.39 is 0 Å². The molecule has 0 amide bonds. The zero-order valence-corrected chi connectivity index (χ0v) is 7.85. The first-order chi connectivity index (χ1) is 6.40. The molecule has 7 heteroatoms. The van der Waals surface area contributed by atoms with E-state index in [1.54, 1.807) is 27.5 Å². The molecule has 0 unspecified atom stereocenters. The minimum absolute atomic E-state index is 0.552. The van der Waals surface area contributed by atoms with Crippen molar-refractivity contribution >= 4 is 11.8 Å². The molecule has 0 aromatic carbocycles. The van der Waals surface area contributed by atoms with Gasteiger partial charge in [-0.05, 0) is 6.26 Å². The summed E-state index contributed by atoms with van der Waals surface area (Å²) in [6.45, 7) is 0.552. The summed E-state index contributed by atoms with van der Waals surface area (Å²) in [6, 6.07) is 0. The molecule has 0 bridgehead atoms. The van der Waals surface area contributed by atoms with Crippen LogP contribution in [0.25, 0.3) is 0 Å². The van der Waals surface area contributed by atoms with E-state index in [0.29, 0.717) is 6.67 Å². The summed E-state index contributed by atoms with van der Waals surface area (Å²) in [5.41, 5.74) is 0. The van der Waals surface area contributed by atoms with Gasteiger partial charge in [0, 0.05) is 0 Å². The summed E-state index contributed by atoms with van der Waals surface area (Å²) in [7, 11) is 0. The van der Waals surface area contributed by atoms with Crippen molar-refractivity contribution in [1.29, 1.82) is 0 Å². The zero-order chi connectivity index (χ0) is 9.10. The van der Waals surface area contributed by atoms with Crippen LogP contribution in [0.4, 0.5) is 0 Å². The third-order valence-corrected chi connectivity index (χ3v) is 2.19. The minimum atomic E-state index is 0.552. The summed E-state index contributed by atoms with van der Waals surface area (Å²) in [5, 5.41) is 8.90. The highest BCUT2D eigenvalue weighted by molar-refractivity contribution is 7.98. The molecule has 0 fully saturated rings. The predicted molar refractivity (Wildman–Crippen MR) is 47.2 cm³/mol. The van der Waals surface area contributed by atoms with E-state index in [4.69, 9.17) is 0 Å². The second kappa shape index (κ2) is 3.56. The summed E-state index contributed by atoms with van der Waals surface area (Å²) < 4.78 is 3.45. The largest absolute Gasteiger partial charge is 0.231 e. The van der Waals surface area contributed by atoms with Crippen LogP contribution in [0.5, 0.6) is 0 Å². The molecule has 0 radical (unpaired) electrons. The Labute approximate surface area is 79.0 Å². The smallest absolute Gasteiger partial charge is 0.187 e. The molecule has 2 heterocycles. The van der Waals surface area contributed by atoms with Gasteiger partial charge in [0.25, 0.3) is 0 Å². The molecule has 2 aromatic heterocycles. The molecule has 0 aliphatic carbocycles. The second-order valence-electron chi connectivity index (χ2n) is 2.32. The van der Waals surface area contributed by atoms with Gasteiger partial charge in [-0.1, -0.05) is 11.8 Å². The van der Waals surface area contributed by atoms with Crippen molar-refractivity contribution in [2.45, 2.75) is 11.8 Å². The molecule has 0 saturated heterocycles. The van der Waals surface area contributed by atoms with Gasteiger partial charge in [-0.2, -0.15) is 10.2 Å². The molecular formula is C6H8N6S. The van der Waals surface area contributed by atoms with Crippen molar-refractivity contribution in [3.8, 4) is 0 Å². The lowest BCUT2D eigenvalue weighted by molar-refractivity contribution is 0.468. The molecule has 0 aliphatic rings. The topological polar surface area (TPSA) is 61.4 Å². The molecule has 6 nitrogen and oxygen atoms in total. The highest BCUT2D eigenvalue weighted by Crippen LogP contribution is 2.08. The van der Waals surface area contributed by atoms with Crippen LogP contribution in [-0.4, -0.2) is 35.8 Å². The number of hydrogen-bond donors (Lipinski definition) is 0. The van der Waals surface area contributed by atoms with Crippen molar-refractivity contribution < 1.29 is 0 Å². The molecule has 0 saturated carbocycles. The molecule has 68 valence electrons. The Bertz CT molecular complexity index is 366. The average molecular weight is 196 g/mol. The fourth-order valence-electron chi connectivity index (χ4n) is 0.952. The van der Waals surface area contributed by atoms with Gasteiger partial charge < -0.3 is 0 Å². The van der Waals surface area contributed by atoms with Crippen LogP contribution in [0.3, 0.4) is 0 Å². The maximum absolute atomic E-state index is 4.07. The van der Waals surface area contributed by atoms with Gasteiger partial charge in [0.15, 0.2) is 5.16 Å². The Hall–Kier alpha value is -1.37. The fraction of sp³-hybridized carbons (Fsp3) is 0.333. The Morgan fingerprint density at radius 3 is 3.00 bits per heavy atom. The highest BCUT2D eigenvalue weighted by Gasteiger charge is 2.02. The number of thioether (sulfide) groups is 1. The Kier molecular flexibility index (Phi) is 2.26. The first-order valence-electron chi connectivity index (χ1n) is 3.64. The number of nitrogens with zero attached hydrogens (tertiary/aromatic N) is 6. The predicted octanol–water partition coefficient (Wildman–Crippen LogP) is 0.0973. The second-order valence-corrected chi connectivity index (χ2v) is 3.10. The molecule has 0 aliphatic heterocycles. The van der Waals surface area contributed by atoms with E-state index >= 15 is 0 Å². The van der Waals surface area contributed by atoms with Crippen molar-refractivity contribution in [3.05, 3.63) is 19.0 Å². The van der Waals surface area contributed by atoms with Crippen molar-refractivity contribution in [1.82, 2.24) is 29.5 Å². The minimum Gasteiger partial charge on any atom is -0.231 e. The Morgan fingerprint density at radius 2 is 2.31 bits per heavy atom. The maximum Gasteiger partial charge on any atom is 0.187 e. The SMILES string of the molecule is CSc1ncnn1Cn1cncn1. The number of hydrogen-bond acceptors (Lipinski definition) is 5. The van der Waals surface area contributed by atoms with E-state index in [9.17, 15) is 0 Å². The van der Waals surface area contributed by atoms with Gasteiger partial charge in [0.1, 0.15) is 25.7 Å². The van der Waals surface area contributed by atoms with Gasteiger partial charge in [-0.15, -0.1) is 0 Å². The molecule has 0 atom stereocenters. The quantitative estimate of drug-likeness (QED) is 0.651. The van der Waals surface area contributed by atoms with E-state index in [1.165, 1.54) is 12.7 Å². The molecule has 0 spiro atoms. The van der Waals surface area contributed by atoms with Crippen molar-refractivity contribution in [2.24, 2.45) is 0 Å². The van der Waals surface area contributed by atoms with Gasteiger partial charge in [-0.25, -0.2) is 19.3 Å². The van der Waals surface area contributed by atoms with Gasteiger partial charge in [0.05, 0.1) is 0 Å². The Morgan fingerprint density at radius 1 is 1.38 bits per heavy atom. The molecule has 2 aromatic rings. The average Bonchev–Trinajstić information content (AvgIpc) is 2.76. The fourth-order valence-corrected chi connectivity index (χ4v) is 1.42. The molecule has 2 rings (SSSR count). The zero-order valence-electron chi connectivity index (χ0n) is 7.03. The van der Waals surface area contributed by atoms with Gasteiger partial charge in [0.2, 0.25) is 0 Å². The molecule has 0 N–H and O–H groups in total. The summed E-state index contributed by atoms with van der Waals surface area (Å²) >= 11 is 1.55. The van der Waals surface area contributed by atoms with Crippen LogP contribution in [0.15, 0.2) is 24.1 Å². The maximum atomic E-state index is 4.07. The molecular weight excluding hydrogens is 188 g/mol. The summed E-state index contributed by atoms with van der Waals surface area (Å²) in [4.78, 5) is 7.91. The summed E-state index contributed by atoms with van der Waals surface area (Å²) in [5.74, 6) is 0. The van der Waals surface area contributed by atoms with E-state index in [1.807, 2.05) is 6.26 Å². The Balaban J connectivity index is 2.18. The number of rotatable bonds is 3. The lowest BCUT2D eigenvalue weighted by Crippen LogP contribution is -2.10. The third-order valence-electron chi connectivity index (χ3n) is 1.51. The van der Waals surface area contributed by atoms with E-state index in [0.717, 1.165) is 5.16 Å². The first-order valence-corrected chi connectivity index (χ1v) is 4.87. The summed E-state index contributed by atoms with van der Waals surface area (Å²) in [6.07, 6.45) is 6.63. The normalized spacial score (nSPS) is 10.5. The molecule has 13 heavy (non-hydrogen) atoms.